The van der Waals surface area contributed by atoms with Crippen molar-refractivity contribution < 1.29 is 0 Å². The average Bonchev–Trinajstić information content (AvgIpc) is 2.01. The normalized spacial score (nSPS) is 13.2. The molecule has 1 aromatic heterocycles. The van der Waals surface area contributed by atoms with E-state index in [1.54, 1.807) is 0 Å². The minimum Gasteiger partial charge on any atom is -0.242 e. The molecule has 1 atom stereocenters. The summed E-state index contributed by atoms with van der Waals surface area (Å²) in [6, 6.07) is 1.99. The highest BCUT2D eigenvalue weighted by Gasteiger charge is 2.08. The van der Waals surface area contributed by atoms with Gasteiger partial charge in [0.15, 0.2) is 0 Å². The quantitative estimate of drug-likeness (QED) is 0.774. The van der Waals surface area contributed by atoms with E-state index >= 15 is 0 Å². The van der Waals surface area contributed by atoms with Crippen molar-refractivity contribution in [3.05, 3.63) is 23.8 Å². The fourth-order valence-corrected chi connectivity index (χ4v) is 2.52. The first-order valence-corrected chi connectivity index (χ1v) is 5.92. The summed E-state index contributed by atoms with van der Waals surface area (Å²) in [4.78, 5) is 8.99. The smallest absolute Gasteiger partial charge is 0.125 e. The molecule has 1 unspecified atom stereocenters. The van der Waals surface area contributed by atoms with Gasteiger partial charge in [-0.2, -0.15) is 0 Å². The Balaban J connectivity index is 2.51. The third-order valence-corrected chi connectivity index (χ3v) is 2.69. The van der Waals surface area contributed by atoms with Gasteiger partial charge in [-0.05, 0) is 25.3 Å². The maximum Gasteiger partial charge on any atom is 0.125 e. The topological polar surface area (TPSA) is 25.8 Å². The van der Waals surface area contributed by atoms with Crippen LogP contribution in [0.4, 0.5) is 0 Å². The van der Waals surface area contributed by atoms with Crippen molar-refractivity contribution >= 4 is 15.9 Å². The lowest BCUT2D eigenvalue weighted by atomic mass is 10.1. The van der Waals surface area contributed by atoms with Crippen LogP contribution in [0.25, 0.3) is 0 Å². The first kappa shape index (κ1) is 11.6. The molecule has 0 aliphatic heterocycles. The molecule has 14 heavy (non-hydrogen) atoms. The maximum absolute atomic E-state index is 4.38. The third kappa shape index (κ3) is 4.18. The van der Waals surface area contributed by atoms with Crippen LogP contribution in [0.1, 0.15) is 31.8 Å². The standard InChI is InChI=1S/C11H17BrN2/c1-8(2)6-10(12)7-11-4-5-13-9(3)14-11/h4-5,8,10H,6-7H2,1-3H3. The maximum atomic E-state index is 4.38. The number of hydrogen-bond donors (Lipinski definition) is 0. The molecule has 78 valence electrons. The van der Waals surface area contributed by atoms with Crippen molar-refractivity contribution in [1.29, 1.82) is 0 Å². The van der Waals surface area contributed by atoms with Gasteiger partial charge in [0, 0.05) is 23.1 Å². The predicted octanol–water partition coefficient (Wildman–Crippen LogP) is 3.14. The minimum atomic E-state index is 0.525. The summed E-state index contributed by atoms with van der Waals surface area (Å²) >= 11 is 3.68. The van der Waals surface area contributed by atoms with Crippen LogP contribution in [-0.2, 0) is 6.42 Å². The number of alkyl halides is 1. The van der Waals surface area contributed by atoms with Crippen LogP contribution in [0, 0.1) is 12.8 Å². The molecule has 0 spiro atoms. The van der Waals surface area contributed by atoms with Crippen LogP contribution in [0.3, 0.4) is 0 Å². The zero-order chi connectivity index (χ0) is 10.6. The third-order valence-electron chi connectivity index (χ3n) is 1.99. The first-order chi connectivity index (χ1) is 6.58. The molecule has 0 N–H and O–H groups in total. The van der Waals surface area contributed by atoms with Crippen LogP contribution < -0.4 is 0 Å². The van der Waals surface area contributed by atoms with E-state index in [1.165, 1.54) is 6.42 Å². The Morgan fingerprint density at radius 1 is 1.43 bits per heavy atom. The van der Waals surface area contributed by atoms with Crippen LogP contribution in [0.5, 0.6) is 0 Å². The molecule has 2 nitrogen and oxygen atoms in total. The molecule has 0 amide bonds. The van der Waals surface area contributed by atoms with Crippen molar-refractivity contribution in [2.24, 2.45) is 5.92 Å². The molecule has 1 heterocycles. The van der Waals surface area contributed by atoms with Gasteiger partial charge in [-0.3, -0.25) is 0 Å². The van der Waals surface area contributed by atoms with E-state index in [0.29, 0.717) is 4.83 Å². The highest BCUT2D eigenvalue weighted by Crippen LogP contribution is 2.16. The molecule has 0 aromatic carbocycles. The molecule has 0 radical (unpaired) electrons. The highest BCUT2D eigenvalue weighted by atomic mass is 79.9. The fourth-order valence-electron chi connectivity index (χ4n) is 1.44. The lowest BCUT2D eigenvalue weighted by Crippen LogP contribution is -2.08. The van der Waals surface area contributed by atoms with Crippen molar-refractivity contribution in [2.45, 2.75) is 38.4 Å². The van der Waals surface area contributed by atoms with E-state index in [-0.39, 0.29) is 0 Å². The molecule has 0 aliphatic rings. The zero-order valence-electron chi connectivity index (χ0n) is 9.00. The van der Waals surface area contributed by atoms with Gasteiger partial charge in [0.05, 0.1) is 0 Å². The van der Waals surface area contributed by atoms with Crippen molar-refractivity contribution in [2.75, 3.05) is 0 Å². The average molecular weight is 257 g/mol. The Labute approximate surface area is 94.3 Å². The molecule has 0 fully saturated rings. The fraction of sp³-hybridized carbons (Fsp3) is 0.636. The van der Waals surface area contributed by atoms with E-state index in [2.05, 4.69) is 39.7 Å². The Bertz CT molecular complexity index is 286. The monoisotopic (exact) mass is 256 g/mol. The second-order valence-corrected chi connectivity index (χ2v) is 5.32. The van der Waals surface area contributed by atoms with Crippen LogP contribution in [-0.4, -0.2) is 14.8 Å². The number of nitrogens with zero attached hydrogens (tertiary/aromatic N) is 2. The van der Waals surface area contributed by atoms with Gasteiger partial charge in [0.2, 0.25) is 0 Å². The van der Waals surface area contributed by atoms with Crippen LogP contribution in [0.15, 0.2) is 12.3 Å². The van der Waals surface area contributed by atoms with Gasteiger partial charge in [-0.25, -0.2) is 9.97 Å². The molecule has 0 saturated heterocycles. The number of halogens is 1. The van der Waals surface area contributed by atoms with Gasteiger partial charge < -0.3 is 0 Å². The van der Waals surface area contributed by atoms with E-state index in [0.717, 1.165) is 23.9 Å². The number of hydrogen-bond acceptors (Lipinski definition) is 2. The lowest BCUT2D eigenvalue weighted by molar-refractivity contribution is 0.568. The van der Waals surface area contributed by atoms with Crippen molar-refractivity contribution in [3.63, 3.8) is 0 Å². The number of aryl methyl sites for hydroxylation is 1. The van der Waals surface area contributed by atoms with Gasteiger partial charge in [0.1, 0.15) is 5.82 Å². The van der Waals surface area contributed by atoms with E-state index in [9.17, 15) is 0 Å². The molecule has 0 aliphatic carbocycles. The summed E-state index contributed by atoms with van der Waals surface area (Å²) in [5.41, 5.74) is 1.13. The largest absolute Gasteiger partial charge is 0.242 e. The molecular weight excluding hydrogens is 240 g/mol. The number of rotatable bonds is 4. The Morgan fingerprint density at radius 3 is 2.71 bits per heavy atom. The summed E-state index contributed by atoms with van der Waals surface area (Å²) in [5, 5.41) is 0. The summed E-state index contributed by atoms with van der Waals surface area (Å²) in [6.07, 6.45) is 4.00. The Morgan fingerprint density at radius 2 is 2.14 bits per heavy atom. The molecule has 0 bridgehead atoms. The molecule has 1 aromatic rings. The van der Waals surface area contributed by atoms with Gasteiger partial charge in [-0.15, -0.1) is 0 Å². The minimum absolute atomic E-state index is 0.525. The molecule has 1 rings (SSSR count). The van der Waals surface area contributed by atoms with E-state index < -0.39 is 0 Å². The van der Waals surface area contributed by atoms with Crippen molar-refractivity contribution in [3.8, 4) is 0 Å². The second kappa shape index (κ2) is 5.44. The number of aromatic nitrogens is 2. The summed E-state index contributed by atoms with van der Waals surface area (Å²) in [6.45, 7) is 6.40. The molecular formula is C11H17BrN2. The summed E-state index contributed by atoms with van der Waals surface area (Å²) in [5.74, 6) is 1.58. The van der Waals surface area contributed by atoms with E-state index in [4.69, 9.17) is 0 Å². The highest BCUT2D eigenvalue weighted by molar-refractivity contribution is 9.09. The van der Waals surface area contributed by atoms with Crippen molar-refractivity contribution in [1.82, 2.24) is 9.97 Å². The zero-order valence-corrected chi connectivity index (χ0v) is 10.6. The SMILES string of the molecule is Cc1nccc(CC(Br)CC(C)C)n1. The Kier molecular flexibility index (Phi) is 4.52. The lowest BCUT2D eigenvalue weighted by Gasteiger charge is -2.11. The Hall–Kier alpha value is -0.440. The predicted molar refractivity (Wildman–Crippen MR) is 62.6 cm³/mol. The first-order valence-electron chi connectivity index (χ1n) is 5.00. The molecule has 3 heteroatoms. The van der Waals surface area contributed by atoms with Gasteiger partial charge in [-0.1, -0.05) is 29.8 Å². The molecule has 0 saturated carbocycles. The van der Waals surface area contributed by atoms with Crippen LogP contribution >= 0.6 is 15.9 Å². The summed E-state index contributed by atoms with van der Waals surface area (Å²) in [7, 11) is 0. The van der Waals surface area contributed by atoms with Crippen LogP contribution in [0.2, 0.25) is 0 Å². The second-order valence-electron chi connectivity index (χ2n) is 4.03. The van der Waals surface area contributed by atoms with Gasteiger partial charge in [0.25, 0.3) is 0 Å². The van der Waals surface area contributed by atoms with E-state index in [1.807, 2.05) is 19.2 Å². The summed E-state index contributed by atoms with van der Waals surface area (Å²) < 4.78 is 0. The van der Waals surface area contributed by atoms with Gasteiger partial charge >= 0.3 is 0 Å².